The second-order valence-electron chi connectivity index (χ2n) is 3.38. The smallest absolute Gasteiger partial charge is 0.324 e. The number of halogens is 1. The molecule has 10 heteroatoms. The summed E-state index contributed by atoms with van der Waals surface area (Å²) in [6.07, 6.45) is 2.14. The summed E-state index contributed by atoms with van der Waals surface area (Å²) in [6.45, 7) is -0.674. The fourth-order valence-corrected chi connectivity index (χ4v) is 3.57. The average molecular weight is 286 g/mol. The van der Waals surface area contributed by atoms with E-state index in [0.29, 0.717) is 0 Å². The Morgan fingerprint density at radius 1 is 1.24 bits per heavy atom. The van der Waals surface area contributed by atoms with Gasteiger partial charge in [0.2, 0.25) is 11.6 Å². The van der Waals surface area contributed by atoms with E-state index in [1.54, 1.807) is 0 Å². The monoisotopic (exact) mass is 286 g/mol. The molecule has 96 valence electrons. The Morgan fingerprint density at radius 2 is 1.76 bits per heavy atom. The Hall–Kier alpha value is -0.620. The van der Waals surface area contributed by atoms with Crippen molar-refractivity contribution in [1.29, 1.82) is 0 Å². The van der Waals surface area contributed by atoms with Gasteiger partial charge in [-0.25, -0.2) is 8.96 Å². The van der Waals surface area contributed by atoms with Crippen LogP contribution in [0.25, 0.3) is 0 Å². The maximum atomic E-state index is 12.8. The maximum Gasteiger partial charge on any atom is 0.347 e. The second-order valence-corrected chi connectivity index (χ2v) is 7.39. The zero-order chi connectivity index (χ0) is 13.3. The van der Waals surface area contributed by atoms with Crippen molar-refractivity contribution in [2.45, 2.75) is 11.9 Å². The summed E-state index contributed by atoms with van der Waals surface area (Å²) in [5.41, 5.74) is 0. The summed E-state index contributed by atoms with van der Waals surface area (Å²) < 4.78 is 35.7. The van der Waals surface area contributed by atoms with E-state index in [1.807, 2.05) is 0 Å². The standard InChI is InChI=1S/C7H10FNO6P2/c8-6-2-1-3-9(4-6)5-7(16(10,11)12)17(13,14)15/h1-4,7H,5H2,(H3-,10,11,12,13,14,15)/p+1. The molecule has 17 heavy (non-hydrogen) atoms. The lowest BCUT2D eigenvalue weighted by atomic mass is 10.4. The van der Waals surface area contributed by atoms with Crippen LogP contribution in [0.5, 0.6) is 0 Å². The third-order valence-corrected chi connectivity index (χ3v) is 5.66. The summed E-state index contributed by atoms with van der Waals surface area (Å²) in [5, 5.41) is -2.18. The number of pyridine rings is 1. The van der Waals surface area contributed by atoms with Crippen molar-refractivity contribution in [3.63, 3.8) is 0 Å². The topological polar surface area (TPSA) is 119 Å². The van der Waals surface area contributed by atoms with Gasteiger partial charge in [0.15, 0.2) is 18.6 Å². The highest BCUT2D eigenvalue weighted by atomic mass is 31.2. The van der Waals surface area contributed by atoms with E-state index in [2.05, 4.69) is 0 Å². The van der Waals surface area contributed by atoms with Gasteiger partial charge in [0.05, 0.1) is 0 Å². The summed E-state index contributed by atoms with van der Waals surface area (Å²) in [4.78, 5) is 35.4. The predicted molar refractivity (Wildman–Crippen MR) is 54.5 cm³/mol. The molecule has 0 aliphatic rings. The van der Waals surface area contributed by atoms with Gasteiger partial charge >= 0.3 is 15.2 Å². The van der Waals surface area contributed by atoms with Crippen molar-refractivity contribution in [2.75, 3.05) is 0 Å². The fourth-order valence-electron chi connectivity index (χ4n) is 1.20. The van der Waals surface area contributed by atoms with Gasteiger partial charge in [-0.05, 0) is 6.07 Å². The second kappa shape index (κ2) is 4.94. The van der Waals surface area contributed by atoms with E-state index in [4.69, 9.17) is 19.6 Å². The third-order valence-electron chi connectivity index (χ3n) is 1.97. The molecule has 0 saturated heterocycles. The van der Waals surface area contributed by atoms with Gasteiger partial charge in [0.25, 0.3) is 0 Å². The molecule has 0 fully saturated rings. The van der Waals surface area contributed by atoms with E-state index in [1.165, 1.54) is 12.3 Å². The lowest BCUT2D eigenvalue weighted by Gasteiger charge is -2.16. The highest BCUT2D eigenvalue weighted by molar-refractivity contribution is 7.70. The summed E-state index contributed by atoms with van der Waals surface area (Å²) in [6, 6.07) is 2.35. The van der Waals surface area contributed by atoms with Crippen molar-refractivity contribution < 1.29 is 37.7 Å². The van der Waals surface area contributed by atoms with Crippen molar-refractivity contribution in [3.05, 3.63) is 30.3 Å². The van der Waals surface area contributed by atoms with Crippen LogP contribution in [0.2, 0.25) is 0 Å². The molecule has 0 spiro atoms. The zero-order valence-electron chi connectivity index (χ0n) is 8.42. The Labute approximate surface area is 95.9 Å². The molecule has 0 aliphatic carbocycles. The molecule has 1 aromatic rings. The minimum absolute atomic E-state index is 0.674. The Kier molecular flexibility index (Phi) is 4.19. The van der Waals surface area contributed by atoms with Gasteiger partial charge in [-0.2, -0.15) is 0 Å². The van der Waals surface area contributed by atoms with Crippen molar-refractivity contribution in [3.8, 4) is 0 Å². The Balaban J connectivity index is 3.04. The summed E-state index contributed by atoms with van der Waals surface area (Å²) >= 11 is 0. The first-order valence-corrected chi connectivity index (χ1v) is 7.72. The minimum Gasteiger partial charge on any atom is -0.324 e. The molecule has 0 amide bonds. The van der Waals surface area contributed by atoms with Crippen LogP contribution in [-0.2, 0) is 15.7 Å². The van der Waals surface area contributed by atoms with Gasteiger partial charge in [-0.3, -0.25) is 9.13 Å². The molecule has 0 saturated carbocycles. The molecule has 0 bridgehead atoms. The summed E-state index contributed by atoms with van der Waals surface area (Å²) in [5.74, 6) is -0.678. The molecule has 1 rings (SSSR count). The molecule has 1 heterocycles. The first kappa shape index (κ1) is 14.4. The van der Waals surface area contributed by atoms with Gasteiger partial charge in [-0.15, -0.1) is 0 Å². The third kappa shape index (κ3) is 4.27. The Bertz CT molecular complexity index is 475. The van der Waals surface area contributed by atoms with Crippen molar-refractivity contribution >= 4 is 15.2 Å². The van der Waals surface area contributed by atoms with E-state index in [-0.39, 0.29) is 0 Å². The van der Waals surface area contributed by atoms with Gasteiger partial charge in [0, 0.05) is 6.07 Å². The van der Waals surface area contributed by atoms with Crippen LogP contribution in [0, 0.1) is 5.82 Å². The van der Waals surface area contributed by atoms with Gasteiger partial charge in [0.1, 0.15) is 0 Å². The quantitative estimate of drug-likeness (QED) is 0.449. The molecule has 0 aliphatic heterocycles. The molecule has 0 atom stereocenters. The van der Waals surface area contributed by atoms with Gasteiger partial charge in [-0.1, -0.05) is 0 Å². The Morgan fingerprint density at radius 3 is 2.18 bits per heavy atom. The highest BCUT2D eigenvalue weighted by Crippen LogP contribution is 2.59. The SMILES string of the molecule is O=P(O)(O)C(C[n+]1cccc(F)c1)P(=O)(O)O. The number of nitrogens with zero attached hydrogens (tertiary/aromatic N) is 1. The number of hydrogen-bond acceptors (Lipinski definition) is 2. The zero-order valence-corrected chi connectivity index (χ0v) is 10.2. The lowest BCUT2D eigenvalue weighted by molar-refractivity contribution is -0.696. The molecule has 0 radical (unpaired) electrons. The van der Waals surface area contributed by atoms with Crippen LogP contribution in [0.1, 0.15) is 0 Å². The maximum absolute atomic E-state index is 12.8. The fraction of sp³-hybridized carbons (Fsp3) is 0.286. The predicted octanol–water partition coefficient (Wildman–Crippen LogP) is -0.205. The van der Waals surface area contributed by atoms with Crippen LogP contribution >= 0.6 is 15.2 Å². The largest absolute Gasteiger partial charge is 0.347 e. The first-order chi connectivity index (χ1) is 7.60. The average Bonchev–Trinajstić information content (AvgIpc) is 2.10. The highest BCUT2D eigenvalue weighted by Gasteiger charge is 2.46. The molecular weight excluding hydrogens is 275 g/mol. The molecule has 4 N–H and O–H groups in total. The number of hydrogen-bond donors (Lipinski definition) is 4. The van der Waals surface area contributed by atoms with Crippen LogP contribution in [0.15, 0.2) is 24.5 Å². The molecule has 0 unspecified atom stereocenters. The minimum atomic E-state index is -4.98. The summed E-state index contributed by atoms with van der Waals surface area (Å²) in [7, 11) is -9.97. The van der Waals surface area contributed by atoms with E-state index >= 15 is 0 Å². The van der Waals surface area contributed by atoms with Crippen LogP contribution in [0.4, 0.5) is 4.39 Å². The van der Waals surface area contributed by atoms with Crippen molar-refractivity contribution in [1.82, 2.24) is 0 Å². The lowest BCUT2D eigenvalue weighted by Crippen LogP contribution is -2.39. The molecule has 7 nitrogen and oxygen atoms in total. The van der Waals surface area contributed by atoms with Crippen molar-refractivity contribution in [2.24, 2.45) is 0 Å². The molecule has 1 aromatic heterocycles. The van der Waals surface area contributed by atoms with E-state index in [9.17, 15) is 13.5 Å². The van der Waals surface area contributed by atoms with E-state index < -0.39 is 33.0 Å². The van der Waals surface area contributed by atoms with Crippen LogP contribution in [-0.4, -0.2) is 25.0 Å². The number of aromatic nitrogens is 1. The molecule has 0 aromatic carbocycles. The molecular formula is C7H11FNO6P2+. The number of rotatable bonds is 4. The van der Waals surface area contributed by atoms with E-state index in [0.717, 1.165) is 16.8 Å². The van der Waals surface area contributed by atoms with Gasteiger partial charge < -0.3 is 19.6 Å². The van der Waals surface area contributed by atoms with Crippen LogP contribution < -0.4 is 4.57 Å². The van der Waals surface area contributed by atoms with Crippen LogP contribution in [0.3, 0.4) is 0 Å². The first-order valence-electron chi connectivity index (χ1n) is 4.36. The normalized spacial score (nSPS) is 13.1.